The number of ether oxygens (including phenoxy) is 1. The van der Waals surface area contributed by atoms with E-state index in [0.29, 0.717) is 18.0 Å². The fourth-order valence-corrected chi connectivity index (χ4v) is 1.12. The van der Waals surface area contributed by atoms with Crippen molar-refractivity contribution < 1.29 is 4.74 Å². The van der Waals surface area contributed by atoms with E-state index in [4.69, 9.17) is 4.74 Å². The zero-order chi connectivity index (χ0) is 11.6. The second-order valence-corrected chi connectivity index (χ2v) is 4.06. The van der Waals surface area contributed by atoms with Gasteiger partial charge in [-0.25, -0.2) is 0 Å². The number of nitrogens with one attached hydrogen (secondary N) is 1. The molecule has 2 heterocycles. The van der Waals surface area contributed by atoms with Crippen LogP contribution in [0.15, 0.2) is 12.1 Å². The minimum absolute atomic E-state index is 0.239. The number of fused-ring (bicyclic) bond motifs is 1. The van der Waals surface area contributed by atoms with Crippen LogP contribution in [-0.4, -0.2) is 44.5 Å². The first-order valence-corrected chi connectivity index (χ1v) is 4.95. The highest BCUT2D eigenvalue weighted by Gasteiger charge is 2.16. The summed E-state index contributed by atoms with van der Waals surface area (Å²) < 4.78 is 6.67. The highest BCUT2D eigenvalue weighted by Crippen LogP contribution is 2.09. The molecule has 0 unspecified atom stereocenters. The molecule has 0 aromatic carbocycles. The third-order valence-corrected chi connectivity index (χ3v) is 2.32. The highest BCUT2D eigenvalue weighted by molar-refractivity contribution is 5.42. The van der Waals surface area contributed by atoms with Crippen LogP contribution in [0.1, 0.15) is 13.8 Å². The average Bonchev–Trinajstić information content (AvgIpc) is 2.73. The van der Waals surface area contributed by atoms with Gasteiger partial charge in [-0.1, -0.05) is 0 Å². The van der Waals surface area contributed by atoms with E-state index < -0.39 is 0 Å². The van der Waals surface area contributed by atoms with Crippen LogP contribution in [0.5, 0.6) is 0 Å². The van der Waals surface area contributed by atoms with E-state index in [1.54, 1.807) is 13.2 Å². The van der Waals surface area contributed by atoms with Crippen molar-refractivity contribution in [3.05, 3.63) is 12.1 Å². The van der Waals surface area contributed by atoms with Crippen molar-refractivity contribution in [3.8, 4) is 0 Å². The maximum atomic E-state index is 5.29. The van der Waals surface area contributed by atoms with Gasteiger partial charge in [-0.3, -0.25) is 0 Å². The number of aromatic nitrogens is 5. The molecular weight excluding hydrogens is 208 g/mol. The molecule has 0 bridgehead atoms. The van der Waals surface area contributed by atoms with Gasteiger partial charge in [-0.2, -0.15) is 0 Å². The molecule has 2 aromatic heterocycles. The Bertz CT molecular complexity index is 480. The van der Waals surface area contributed by atoms with E-state index in [1.807, 2.05) is 19.9 Å². The maximum absolute atomic E-state index is 5.29. The SMILES string of the molecule is COC(C)(C)CNc1ccc2nnnn2n1. The molecule has 1 N–H and O–H groups in total. The van der Waals surface area contributed by atoms with Crippen LogP contribution < -0.4 is 5.32 Å². The molecule has 0 aliphatic rings. The summed E-state index contributed by atoms with van der Waals surface area (Å²) in [5.74, 6) is 0.713. The number of hydrogen-bond donors (Lipinski definition) is 1. The molecule has 0 aliphatic carbocycles. The van der Waals surface area contributed by atoms with E-state index in [-0.39, 0.29) is 5.60 Å². The average molecular weight is 222 g/mol. The van der Waals surface area contributed by atoms with Crippen molar-refractivity contribution in [3.63, 3.8) is 0 Å². The second-order valence-electron chi connectivity index (χ2n) is 4.06. The van der Waals surface area contributed by atoms with Crippen LogP contribution in [0, 0.1) is 0 Å². The van der Waals surface area contributed by atoms with Crippen molar-refractivity contribution in [2.24, 2.45) is 0 Å². The highest BCUT2D eigenvalue weighted by atomic mass is 16.5. The Balaban J connectivity index is 2.09. The summed E-state index contributed by atoms with van der Waals surface area (Å²) in [5.41, 5.74) is 0.383. The van der Waals surface area contributed by atoms with Gasteiger partial charge in [-0.05, 0) is 36.4 Å². The standard InChI is InChI=1S/C9H14N6O/c1-9(2,16-3)6-10-7-4-5-8-11-13-14-15(8)12-7/h4-5H,6H2,1-3H3,(H,10,12). The molecule has 0 amide bonds. The number of rotatable bonds is 4. The lowest BCUT2D eigenvalue weighted by Gasteiger charge is -2.23. The van der Waals surface area contributed by atoms with E-state index in [9.17, 15) is 0 Å². The summed E-state index contributed by atoms with van der Waals surface area (Å²) in [6.07, 6.45) is 0. The van der Waals surface area contributed by atoms with Crippen LogP contribution >= 0.6 is 0 Å². The molecule has 0 saturated heterocycles. The molecule has 86 valence electrons. The lowest BCUT2D eigenvalue weighted by Crippen LogP contribution is -2.32. The predicted octanol–water partition coefficient (Wildman–Crippen LogP) is 0.356. The molecule has 2 aromatic rings. The topological polar surface area (TPSA) is 77.2 Å². The molecule has 7 nitrogen and oxygen atoms in total. The van der Waals surface area contributed by atoms with Crippen LogP contribution in [0.25, 0.3) is 5.65 Å². The maximum Gasteiger partial charge on any atom is 0.200 e. The lowest BCUT2D eigenvalue weighted by molar-refractivity contribution is 0.0343. The van der Waals surface area contributed by atoms with E-state index >= 15 is 0 Å². The Morgan fingerprint density at radius 2 is 2.25 bits per heavy atom. The lowest BCUT2D eigenvalue weighted by atomic mass is 10.1. The summed E-state index contributed by atoms with van der Waals surface area (Å²) >= 11 is 0. The fourth-order valence-electron chi connectivity index (χ4n) is 1.12. The summed E-state index contributed by atoms with van der Waals surface area (Å²) in [4.78, 5) is 0. The first-order chi connectivity index (χ1) is 7.61. The zero-order valence-electron chi connectivity index (χ0n) is 9.51. The number of hydrogen-bond acceptors (Lipinski definition) is 6. The van der Waals surface area contributed by atoms with Gasteiger partial charge in [0.2, 0.25) is 0 Å². The van der Waals surface area contributed by atoms with Crippen molar-refractivity contribution in [1.29, 1.82) is 0 Å². The Hall–Kier alpha value is -1.76. The first kappa shape index (κ1) is 10.7. The Morgan fingerprint density at radius 3 is 3.00 bits per heavy atom. The summed E-state index contributed by atoms with van der Waals surface area (Å²) in [6.45, 7) is 4.65. The van der Waals surface area contributed by atoms with E-state index in [2.05, 4.69) is 25.9 Å². The van der Waals surface area contributed by atoms with Gasteiger partial charge in [0.15, 0.2) is 5.65 Å². The van der Waals surface area contributed by atoms with Crippen LogP contribution in [0.4, 0.5) is 5.82 Å². The third kappa shape index (κ3) is 2.25. The summed E-state index contributed by atoms with van der Waals surface area (Å²) in [7, 11) is 1.68. The summed E-state index contributed by atoms with van der Waals surface area (Å²) in [5, 5.41) is 18.4. The molecule has 2 rings (SSSR count). The molecular formula is C9H14N6O. The molecule has 0 fully saturated rings. The molecule has 16 heavy (non-hydrogen) atoms. The first-order valence-electron chi connectivity index (χ1n) is 4.95. The van der Waals surface area contributed by atoms with Crippen molar-refractivity contribution in [2.75, 3.05) is 19.0 Å². The molecule has 0 saturated carbocycles. The van der Waals surface area contributed by atoms with Gasteiger partial charge < -0.3 is 10.1 Å². The van der Waals surface area contributed by atoms with Crippen molar-refractivity contribution in [2.45, 2.75) is 19.4 Å². The number of anilines is 1. The smallest absolute Gasteiger partial charge is 0.200 e. The second kappa shape index (κ2) is 4.01. The molecule has 0 radical (unpaired) electrons. The minimum atomic E-state index is -0.239. The van der Waals surface area contributed by atoms with Gasteiger partial charge in [-0.15, -0.1) is 14.8 Å². The fraction of sp³-hybridized carbons (Fsp3) is 0.556. The van der Waals surface area contributed by atoms with Crippen LogP contribution in [0.3, 0.4) is 0 Å². The van der Waals surface area contributed by atoms with Gasteiger partial charge in [0.05, 0.1) is 5.60 Å². The molecule has 7 heteroatoms. The Kier molecular flexibility index (Phi) is 2.69. The van der Waals surface area contributed by atoms with Gasteiger partial charge in [0, 0.05) is 13.7 Å². The van der Waals surface area contributed by atoms with Crippen molar-refractivity contribution >= 4 is 11.5 Å². The van der Waals surface area contributed by atoms with Gasteiger partial charge in [0.1, 0.15) is 5.82 Å². The number of tetrazole rings is 1. The normalized spacial score (nSPS) is 11.9. The van der Waals surface area contributed by atoms with Crippen LogP contribution in [0.2, 0.25) is 0 Å². The number of nitrogens with zero attached hydrogens (tertiary/aromatic N) is 5. The van der Waals surface area contributed by atoms with Gasteiger partial charge >= 0.3 is 0 Å². The zero-order valence-corrected chi connectivity index (χ0v) is 9.51. The Labute approximate surface area is 92.8 Å². The molecule has 0 atom stereocenters. The van der Waals surface area contributed by atoms with Crippen molar-refractivity contribution in [1.82, 2.24) is 25.3 Å². The van der Waals surface area contributed by atoms with E-state index in [1.165, 1.54) is 4.63 Å². The third-order valence-electron chi connectivity index (χ3n) is 2.32. The quantitative estimate of drug-likeness (QED) is 0.804. The predicted molar refractivity (Wildman–Crippen MR) is 58.2 cm³/mol. The largest absolute Gasteiger partial charge is 0.377 e. The van der Waals surface area contributed by atoms with E-state index in [0.717, 1.165) is 0 Å². The monoisotopic (exact) mass is 222 g/mol. The van der Waals surface area contributed by atoms with Gasteiger partial charge in [0.25, 0.3) is 0 Å². The Morgan fingerprint density at radius 1 is 1.44 bits per heavy atom. The minimum Gasteiger partial charge on any atom is -0.377 e. The van der Waals surface area contributed by atoms with Crippen LogP contribution in [-0.2, 0) is 4.74 Å². The molecule has 0 aliphatic heterocycles. The summed E-state index contributed by atoms with van der Waals surface area (Å²) in [6, 6.07) is 3.63. The molecule has 0 spiro atoms. The number of methoxy groups -OCH3 is 1.